The lowest BCUT2D eigenvalue weighted by molar-refractivity contribution is -0.140. The highest BCUT2D eigenvalue weighted by atomic mass is 19.1. The Kier molecular flexibility index (Phi) is 5.13. The van der Waals surface area contributed by atoms with Crippen LogP contribution in [0.1, 0.15) is 28.8 Å². The Morgan fingerprint density at radius 1 is 1.34 bits per heavy atom. The van der Waals surface area contributed by atoms with Crippen LogP contribution < -0.4 is 14.7 Å². The van der Waals surface area contributed by atoms with E-state index >= 15 is 0 Å². The van der Waals surface area contributed by atoms with Crippen LogP contribution in [0.25, 0.3) is 0 Å². The normalized spacial score (nSPS) is 25.7. The maximum absolute atomic E-state index is 13.2. The number of hydrogen-bond acceptors (Lipinski definition) is 7. The molecule has 29 heavy (non-hydrogen) atoms. The minimum atomic E-state index is -3.10. The van der Waals surface area contributed by atoms with Crippen LogP contribution in [0.15, 0.2) is 12.1 Å². The van der Waals surface area contributed by atoms with Crippen molar-refractivity contribution in [3.8, 4) is 11.5 Å². The first-order valence-electron chi connectivity index (χ1n) is 9.72. The number of hydrogen-bond donors (Lipinski definition) is 4. The molecule has 0 aromatic heterocycles. The van der Waals surface area contributed by atoms with E-state index in [1.165, 1.54) is 6.07 Å². The van der Waals surface area contributed by atoms with E-state index in [-0.39, 0.29) is 60.8 Å². The summed E-state index contributed by atoms with van der Waals surface area (Å²) in [6.07, 6.45) is -0.483. The summed E-state index contributed by atoms with van der Waals surface area (Å²) in [6, 6.07) is 3.01. The topological polar surface area (TPSA) is 129 Å². The molecule has 3 heterocycles. The number of fused-ring (bicyclic) bond motifs is 1. The SMILES string of the molecule is O=C(O)c1c(OC2CN(C(=O)CC3C[C@H](F)CN3)C2)ccc2c1O[B-](O)(O)CC2. The van der Waals surface area contributed by atoms with Gasteiger partial charge < -0.3 is 34.8 Å². The van der Waals surface area contributed by atoms with E-state index in [0.29, 0.717) is 25.1 Å². The van der Waals surface area contributed by atoms with E-state index in [2.05, 4.69) is 5.32 Å². The third kappa shape index (κ3) is 4.17. The number of benzene rings is 1. The van der Waals surface area contributed by atoms with Crippen molar-refractivity contribution in [3.05, 3.63) is 23.3 Å². The maximum Gasteiger partial charge on any atom is 0.430 e. The minimum absolute atomic E-state index is 0.00896. The zero-order valence-corrected chi connectivity index (χ0v) is 15.7. The molecule has 1 aromatic carbocycles. The molecule has 3 aliphatic heterocycles. The number of carbonyl (C=O) groups is 2. The number of nitrogens with zero attached hydrogens (tertiary/aromatic N) is 1. The third-order valence-corrected chi connectivity index (χ3v) is 5.59. The number of halogens is 1. The fraction of sp³-hybridized carbons (Fsp3) is 0.556. The van der Waals surface area contributed by atoms with Crippen LogP contribution in [0.3, 0.4) is 0 Å². The Morgan fingerprint density at radius 3 is 2.76 bits per heavy atom. The molecule has 0 spiro atoms. The second-order valence-electron chi connectivity index (χ2n) is 7.93. The average molecular weight is 409 g/mol. The summed E-state index contributed by atoms with van der Waals surface area (Å²) < 4.78 is 24.1. The molecule has 3 aliphatic rings. The Bertz CT molecular complexity index is 831. The average Bonchev–Trinajstić information content (AvgIpc) is 3.00. The summed E-state index contributed by atoms with van der Waals surface area (Å²) in [5, 5.41) is 32.1. The Hall–Kier alpha value is -2.37. The van der Waals surface area contributed by atoms with Crippen molar-refractivity contribution in [1.29, 1.82) is 0 Å². The monoisotopic (exact) mass is 409 g/mol. The highest BCUT2D eigenvalue weighted by Crippen LogP contribution is 2.39. The number of nitrogens with one attached hydrogen (secondary N) is 1. The summed E-state index contributed by atoms with van der Waals surface area (Å²) >= 11 is 0. The molecular weight excluding hydrogens is 386 g/mol. The van der Waals surface area contributed by atoms with Crippen molar-refractivity contribution >= 4 is 18.6 Å². The minimum Gasteiger partial charge on any atom is -0.669 e. The molecule has 9 nitrogen and oxygen atoms in total. The van der Waals surface area contributed by atoms with E-state index in [9.17, 15) is 29.1 Å². The zero-order chi connectivity index (χ0) is 20.8. The fourth-order valence-electron chi connectivity index (χ4n) is 3.99. The van der Waals surface area contributed by atoms with Crippen molar-refractivity contribution in [1.82, 2.24) is 10.2 Å². The molecule has 158 valence electrons. The lowest BCUT2D eigenvalue weighted by Gasteiger charge is -2.40. The van der Waals surface area contributed by atoms with Crippen LogP contribution in [0, 0.1) is 0 Å². The second kappa shape index (κ2) is 7.47. The lowest BCUT2D eigenvalue weighted by atomic mass is 9.70. The van der Waals surface area contributed by atoms with Gasteiger partial charge in [-0.2, -0.15) is 0 Å². The van der Waals surface area contributed by atoms with Gasteiger partial charge in [-0.25, -0.2) is 9.18 Å². The number of ether oxygens (including phenoxy) is 1. The van der Waals surface area contributed by atoms with Crippen LogP contribution >= 0.6 is 0 Å². The molecule has 1 amide bonds. The van der Waals surface area contributed by atoms with Gasteiger partial charge in [-0.1, -0.05) is 12.4 Å². The molecular formula is C18H23BFN2O7-. The lowest BCUT2D eigenvalue weighted by Crippen LogP contribution is -2.57. The third-order valence-electron chi connectivity index (χ3n) is 5.59. The maximum atomic E-state index is 13.2. The summed E-state index contributed by atoms with van der Waals surface area (Å²) in [7, 11) is 0. The van der Waals surface area contributed by atoms with Gasteiger partial charge in [0.25, 0.3) is 0 Å². The van der Waals surface area contributed by atoms with Gasteiger partial charge in [0.05, 0.1) is 18.8 Å². The summed E-state index contributed by atoms with van der Waals surface area (Å²) in [5.74, 6) is -1.44. The van der Waals surface area contributed by atoms with E-state index in [1.807, 2.05) is 0 Å². The number of aryl methyl sites for hydroxylation is 1. The van der Waals surface area contributed by atoms with E-state index in [4.69, 9.17) is 9.39 Å². The smallest absolute Gasteiger partial charge is 0.430 e. The molecule has 1 unspecified atom stereocenters. The number of aromatic carboxylic acids is 1. The quantitative estimate of drug-likeness (QED) is 0.498. The van der Waals surface area contributed by atoms with Gasteiger partial charge in [0.15, 0.2) is 0 Å². The number of carbonyl (C=O) groups excluding carboxylic acids is 1. The van der Waals surface area contributed by atoms with Gasteiger partial charge in [-0.05, 0) is 24.5 Å². The molecule has 2 saturated heterocycles. The van der Waals surface area contributed by atoms with Crippen LogP contribution in [0.5, 0.6) is 11.5 Å². The van der Waals surface area contributed by atoms with Crippen molar-refractivity contribution in [2.75, 3.05) is 19.6 Å². The molecule has 2 fully saturated rings. The van der Waals surface area contributed by atoms with Gasteiger partial charge in [-0.3, -0.25) is 4.79 Å². The predicted octanol–water partition coefficient (Wildman–Crippen LogP) is -0.0771. The molecule has 4 rings (SSSR count). The zero-order valence-electron chi connectivity index (χ0n) is 15.7. The molecule has 1 aromatic rings. The number of amides is 1. The van der Waals surface area contributed by atoms with Gasteiger partial charge in [-0.15, -0.1) is 0 Å². The molecule has 0 aliphatic carbocycles. The fourth-order valence-corrected chi connectivity index (χ4v) is 3.99. The van der Waals surface area contributed by atoms with Crippen LogP contribution in [0.2, 0.25) is 6.32 Å². The van der Waals surface area contributed by atoms with E-state index in [1.54, 1.807) is 11.0 Å². The van der Waals surface area contributed by atoms with Crippen molar-refractivity contribution in [2.45, 2.75) is 43.9 Å². The first-order chi connectivity index (χ1) is 13.7. The van der Waals surface area contributed by atoms with Crippen molar-refractivity contribution in [3.63, 3.8) is 0 Å². The van der Waals surface area contributed by atoms with Crippen molar-refractivity contribution in [2.24, 2.45) is 0 Å². The standard InChI is InChI=1S/C18H23BFN2O7/c20-11-5-12(21-7-11)6-15(23)22-8-13(9-22)28-14-2-1-10-3-4-19(26,27)29-17(10)16(14)18(24)25/h1-2,11-13,21,26-27H,3-9H2,(H,24,25)/q-1/t11-,12?/m0/s1. The first kappa shape index (κ1) is 19.9. The number of rotatable bonds is 5. The first-order valence-corrected chi connectivity index (χ1v) is 9.72. The highest BCUT2D eigenvalue weighted by molar-refractivity contribution is 6.59. The number of carboxylic acids is 1. The number of likely N-dealkylation sites (tertiary alicyclic amines) is 1. The molecule has 4 N–H and O–H groups in total. The Labute approximate surface area is 166 Å². The van der Waals surface area contributed by atoms with Crippen LogP contribution in [0.4, 0.5) is 4.39 Å². The second-order valence-corrected chi connectivity index (χ2v) is 7.93. The largest absolute Gasteiger partial charge is 0.669 e. The van der Waals surface area contributed by atoms with Crippen LogP contribution in [-0.2, 0) is 11.2 Å². The van der Waals surface area contributed by atoms with Gasteiger partial charge in [0.2, 0.25) is 5.91 Å². The molecule has 11 heteroatoms. The summed E-state index contributed by atoms with van der Waals surface area (Å²) in [5.41, 5.74) is 0.307. The van der Waals surface area contributed by atoms with Crippen molar-refractivity contribution < 1.29 is 38.5 Å². The molecule has 2 atom stereocenters. The number of alkyl halides is 1. The van der Waals surface area contributed by atoms with Gasteiger partial charge >= 0.3 is 12.7 Å². The highest BCUT2D eigenvalue weighted by Gasteiger charge is 2.37. The molecule has 0 bridgehead atoms. The van der Waals surface area contributed by atoms with E-state index in [0.717, 1.165) is 0 Å². The number of carboxylic acid groups (broad SMARTS) is 1. The molecule has 0 saturated carbocycles. The van der Waals surface area contributed by atoms with Crippen LogP contribution in [-0.4, -0.2) is 76.6 Å². The van der Waals surface area contributed by atoms with Gasteiger partial charge in [0.1, 0.15) is 23.6 Å². The Balaban J connectivity index is 1.39. The van der Waals surface area contributed by atoms with Gasteiger partial charge in [0, 0.05) is 19.0 Å². The Morgan fingerprint density at radius 2 is 2.10 bits per heavy atom. The summed E-state index contributed by atoms with van der Waals surface area (Å²) in [4.78, 5) is 25.6. The molecule has 0 radical (unpaired) electrons. The van der Waals surface area contributed by atoms with E-state index < -0.39 is 18.9 Å². The summed E-state index contributed by atoms with van der Waals surface area (Å²) in [6.45, 7) is -2.23. The predicted molar refractivity (Wildman–Crippen MR) is 99.6 cm³/mol.